The average Bonchev–Trinajstić information content (AvgIpc) is 2.24. The quantitative estimate of drug-likeness (QED) is 0.613. The number of rotatable bonds is 4. The Balaban J connectivity index is 0.000000265. The van der Waals surface area contributed by atoms with Crippen molar-refractivity contribution >= 4 is 20.8 Å². The van der Waals surface area contributed by atoms with Crippen LogP contribution in [0.4, 0.5) is 0 Å². The minimum Gasteiger partial charge on any atom is -0.508 e. The molecule has 1 rings (SSSR count). The number of halogens is 1. The van der Waals surface area contributed by atoms with Gasteiger partial charge in [0, 0.05) is 5.02 Å². The Bertz CT molecular complexity index is 211. The molecule has 0 radical (unpaired) electrons. The molecule has 0 aromatic heterocycles. The fourth-order valence-electron chi connectivity index (χ4n) is 1.01. The summed E-state index contributed by atoms with van der Waals surface area (Å²) in [6, 6.07) is 6.36. The predicted octanol–water partition coefficient (Wildman–Crippen LogP) is 4.49. The molecule has 0 saturated carbocycles. The molecule has 1 aromatic carbocycles. The summed E-state index contributed by atoms with van der Waals surface area (Å²) in [6.07, 6.45) is 6.84. The van der Waals surface area contributed by atoms with Crippen LogP contribution in [0.2, 0.25) is 5.02 Å². The topological polar surface area (TPSA) is 20.2 Å². The fraction of sp³-hybridized carbons (Fsp3) is 0.500. The standard InChI is InChI=1S/C6H5ClO.C6H15P/c7-5-1-3-6(8)4-2-5;1-2-3-4-5-6-7/h1-4,8H;2-7H2,1H3. The molecule has 1 aromatic rings. The van der Waals surface area contributed by atoms with Crippen LogP contribution in [-0.4, -0.2) is 11.3 Å². The second-order valence-corrected chi connectivity index (χ2v) is 4.34. The van der Waals surface area contributed by atoms with Gasteiger partial charge in [0.2, 0.25) is 0 Å². The Morgan fingerprint density at radius 1 is 1.13 bits per heavy atom. The van der Waals surface area contributed by atoms with Gasteiger partial charge in [0.1, 0.15) is 5.75 Å². The van der Waals surface area contributed by atoms with Crippen molar-refractivity contribution in [2.75, 3.05) is 6.16 Å². The van der Waals surface area contributed by atoms with Gasteiger partial charge in [0.05, 0.1) is 0 Å². The smallest absolute Gasteiger partial charge is 0.115 e. The maximum Gasteiger partial charge on any atom is 0.115 e. The van der Waals surface area contributed by atoms with Crippen molar-refractivity contribution in [3.05, 3.63) is 29.3 Å². The molecule has 0 bridgehead atoms. The SMILES string of the molecule is CCCCCCP.Oc1ccc(Cl)cc1. The molecule has 1 unspecified atom stereocenters. The zero-order valence-electron chi connectivity index (χ0n) is 9.25. The molecule has 86 valence electrons. The maximum atomic E-state index is 8.70. The van der Waals surface area contributed by atoms with Crippen molar-refractivity contribution in [3.8, 4) is 5.75 Å². The van der Waals surface area contributed by atoms with Gasteiger partial charge in [-0.25, -0.2) is 0 Å². The maximum absolute atomic E-state index is 8.70. The molecule has 0 fully saturated rings. The largest absolute Gasteiger partial charge is 0.508 e. The van der Waals surface area contributed by atoms with E-state index >= 15 is 0 Å². The third kappa shape index (κ3) is 10.0. The van der Waals surface area contributed by atoms with Crippen molar-refractivity contribution in [1.29, 1.82) is 0 Å². The van der Waals surface area contributed by atoms with Gasteiger partial charge in [-0.1, -0.05) is 37.8 Å². The van der Waals surface area contributed by atoms with Crippen LogP contribution in [0.5, 0.6) is 5.75 Å². The number of aromatic hydroxyl groups is 1. The summed E-state index contributed by atoms with van der Waals surface area (Å²) in [5.41, 5.74) is 0. The molecule has 3 heteroatoms. The molecular weight excluding hydrogens is 227 g/mol. The van der Waals surface area contributed by atoms with Crippen LogP contribution in [0, 0.1) is 0 Å². The minimum atomic E-state index is 0.245. The van der Waals surface area contributed by atoms with Gasteiger partial charge in [-0.15, -0.1) is 9.24 Å². The molecule has 0 aliphatic heterocycles. The molecule has 0 amide bonds. The highest BCUT2D eigenvalue weighted by atomic mass is 35.5. The van der Waals surface area contributed by atoms with Gasteiger partial charge in [0.15, 0.2) is 0 Å². The first-order valence-corrected chi connectivity index (χ1v) is 6.54. The van der Waals surface area contributed by atoms with E-state index in [0.29, 0.717) is 5.02 Å². The average molecular weight is 247 g/mol. The van der Waals surface area contributed by atoms with Crippen LogP contribution in [0.15, 0.2) is 24.3 Å². The number of hydrogen-bond donors (Lipinski definition) is 1. The van der Waals surface area contributed by atoms with Crippen LogP contribution in [0.25, 0.3) is 0 Å². The lowest BCUT2D eigenvalue weighted by atomic mass is 10.2. The molecule has 0 aliphatic rings. The van der Waals surface area contributed by atoms with Crippen molar-refractivity contribution in [3.63, 3.8) is 0 Å². The summed E-state index contributed by atoms with van der Waals surface area (Å²) in [4.78, 5) is 0. The first-order valence-electron chi connectivity index (χ1n) is 5.35. The van der Waals surface area contributed by atoms with E-state index in [9.17, 15) is 0 Å². The first kappa shape index (κ1) is 14.7. The van der Waals surface area contributed by atoms with E-state index < -0.39 is 0 Å². The van der Waals surface area contributed by atoms with Crippen molar-refractivity contribution < 1.29 is 5.11 Å². The van der Waals surface area contributed by atoms with Crippen LogP contribution in [0.1, 0.15) is 32.6 Å². The van der Waals surface area contributed by atoms with Crippen LogP contribution in [0.3, 0.4) is 0 Å². The fourth-order valence-corrected chi connectivity index (χ4v) is 1.43. The minimum absolute atomic E-state index is 0.245. The highest BCUT2D eigenvalue weighted by Gasteiger charge is 1.84. The Kier molecular flexibility index (Phi) is 10.1. The number of phenolic OH excluding ortho intramolecular Hbond substituents is 1. The van der Waals surface area contributed by atoms with E-state index in [4.69, 9.17) is 16.7 Å². The second kappa shape index (κ2) is 10.3. The van der Waals surface area contributed by atoms with E-state index in [1.165, 1.54) is 31.8 Å². The van der Waals surface area contributed by atoms with E-state index in [-0.39, 0.29) is 5.75 Å². The first-order chi connectivity index (χ1) is 7.20. The van der Waals surface area contributed by atoms with Crippen molar-refractivity contribution in [1.82, 2.24) is 0 Å². The Hall–Kier alpha value is -0.260. The summed E-state index contributed by atoms with van der Waals surface area (Å²) < 4.78 is 0. The number of benzene rings is 1. The molecule has 0 aliphatic carbocycles. The molecule has 0 spiro atoms. The number of phenols is 1. The summed E-state index contributed by atoms with van der Waals surface area (Å²) in [5, 5.41) is 9.34. The number of hydrogen-bond acceptors (Lipinski definition) is 1. The molecule has 0 heterocycles. The Morgan fingerprint density at radius 3 is 2.13 bits per heavy atom. The second-order valence-electron chi connectivity index (χ2n) is 3.33. The van der Waals surface area contributed by atoms with E-state index in [2.05, 4.69) is 16.2 Å². The third-order valence-electron chi connectivity index (χ3n) is 1.88. The van der Waals surface area contributed by atoms with Crippen LogP contribution < -0.4 is 0 Å². The monoisotopic (exact) mass is 246 g/mol. The highest BCUT2D eigenvalue weighted by Crippen LogP contribution is 2.12. The molecule has 1 atom stereocenters. The summed E-state index contributed by atoms with van der Waals surface area (Å²) in [7, 11) is 2.75. The summed E-state index contributed by atoms with van der Waals surface area (Å²) in [5.74, 6) is 0.245. The van der Waals surface area contributed by atoms with Crippen molar-refractivity contribution in [2.24, 2.45) is 0 Å². The third-order valence-corrected chi connectivity index (χ3v) is 2.54. The van der Waals surface area contributed by atoms with E-state index in [0.717, 1.165) is 0 Å². The van der Waals surface area contributed by atoms with Gasteiger partial charge >= 0.3 is 0 Å². The van der Waals surface area contributed by atoms with Crippen LogP contribution in [-0.2, 0) is 0 Å². The number of unbranched alkanes of at least 4 members (excludes halogenated alkanes) is 3. The lowest BCUT2D eigenvalue weighted by Crippen LogP contribution is -1.73. The van der Waals surface area contributed by atoms with E-state index in [1.54, 1.807) is 24.3 Å². The molecule has 15 heavy (non-hydrogen) atoms. The highest BCUT2D eigenvalue weighted by molar-refractivity contribution is 7.16. The normalized spacial score (nSPS) is 9.27. The molecule has 1 N–H and O–H groups in total. The lowest BCUT2D eigenvalue weighted by molar-refractivity contribution is 0.475. The van der Waals surface area contributed by atoms with Crippen LogP contribution >= 0.6 is 20.8 Å². The lowest BCUT2D eigenvalue weighted by Gasteiger charge is -1.90. The van der Waals surface area contributed by atoms with Gasteiger partial charge in [-0.3, -0.25) is 0 Å². The molecule has 0 saturated heterocycles. The zero-order chi connectivity index (χ0) is 11.5. The van der Waals surface area contributed by atoms with Gasteiger partial charge in [-0.05, 0) is 36.8 Å². The molecular formula is C12H20ClOP. The zero-order valence-corrected chi connectivity index (χ0v) is 11.2. The van der Waals surface area contributed by atoms with Gasteiger partial charge in [-0.2, -0.15) is 0 Å². The summed E-state index contributed by atoms with van der Waals surface area (Å²) >= 11 is 5.50. The Labute approximate surface area is 100 Å². The Morgan fingerprint density at radius 2 is 1.73 bits per heavy atom. The van der Waals surface area contributed by atoms with Crippen molar-refractivity contribution in [2.45, 2.75) is 32.6 Å². The van der Waals surface area contributed by atoms with Gasteiger partial charge in [0.25, 0.3) is 0 Å². The predicted molar refractivity (Wildman–Crippen MR) is 71.8 cm³/mol. The van der Waals surface area contributed by atoms with E-state index in [1.807, 2.05) is 0 Å². The summed E-state index contributed by atoms with van der Waals surface area (Å²) in [6.45, 7) is 2.24. The molecule has 1 nitrogen and oxygen atoms in total. The van der Waals surface area contributed by atoms with Gasteiger partial charge < -0.3 is 5.11 Å².